The highest BCUT2D eigenvalue weighted by atomic mass is 32.1. The van der Waals surface area contributed by atoms with Crippen LogP contribution in [0.1, 0.15) is 22.0 Å². The van der Waals surface area contributed by atoms with Gasteiger partial charge in [0.05, 0.1) is 11.4 Å². The van der Waals surface area contributed by atoms with Crippen LogP contribution in [0.5, 0.6) is 0 Å². The Morgan fingerprint density at radius 2 is 1.87 bits per heavy atom. The number of fused-ring (bicyclic) bond motifs is 1. The molecule has 2 heterocycles. The molecule has 3 aromatic rings. The highest BCUT2D eigenvalue weighted by Crippen LogP contribution is 2.32. The maximum Gasteiger partial charge on any atom is 0.138 e. The van der Waals surface area contributed by atoms with Gasteiger partial charge in [-0.05, 0) is 39.1 Å². The van der Waals surface area contributed by atoms with Gasteiger partial charge in [0.2, 0.25) is 0 Å². The van der Waals surface area contributed by atoms with Crippen molar-refractivity contribution in [2.45, 2.75) is 19.9 Å². The van der Waals surface area contributed by atoms with Gasteiger partial charge in [0.25, 0.3) is 0 Å². The summed E-state index contributed by atoms with van der Waals surface area (Å²) in [6.45, 7) is 5.08. The molecule has 0 radical (unpaired) electrons. The fraction of sp³-hybridized carbons (Fsp3) is 0.333. The number of hydrogen-bond acceptors (Lipinski definition) is 5. The molecule has 0 aliphatic rings. The molecule has 1 N–H and O–H groups in total. The molecule has 0 bridgehead atoms. The van der Waals surface area contributed by atoms with E-state index in [1.54, 1.807) is 17.7 Å². The fourth-order valence-electron chi connectivity index (χ4n) is 2.78. The van der Waals surface area contributed by atoms with E-state index in [-0.39, 0.29) is 0 Å². The Morgan fingerprint density at radius 3 is 2.57 bits per heavy atom. The van der Waals surface area contributed by atoms with Crippen LogP contribution in [0, 0.1) is 13.8 Å². The quantitative estimate of drug-likeness (QED) is 0.769. The Labute approximate surface area is 141 Å². The molecular weight excluding hydrogens is 304 g/mol. The van der Waals surface area contributed by atoms with Crippen LogP contribution in [-0.2, 0) is 0 Å². The number of likely N-dealkylation sites (N-methyl/N-ethyl adjacent to an activating group) is 1. The lowest BCUT2D eigenvalue weighted by atomic mass is 10.1. The van der Waals surface area contributed by atoms with Gasteiger partial charge in [-0.3, -0.25) is 0 Å². The summed E-state index contributed by atoms with van der Waals surface area (Å²) in [6.07, 6.45) is 1.65. The molecule has 0 aliphatic carbocycles. The van der Waals surface area contributed by atoms with Crippen molar-refractivity contribution in [1.29, 1.82) is 0 Å². The summed E-state index contributed by atoms with van der Waals surface area (Å²) in [5.41, 5.74) is 2.57. The average molecular weight is 326 g/mol. The standard InChI is InChI=1S/C18H22N4S/c1-12-13(2)23-18-16(12)17(20-11-21-18)19-10-15(22(3)4)14-8-6-5-7-9-14/h5-9,11,15H,10H2,1-4H3,(H,19,20,21)/t15-/m0/s1. The van der Waals surface area contributed by atoms with E-state index in [0.29, 0.717) is 6.04 Å². The smallest absolute Gasteiger partial charge is 0.138 e. The van der Waals surface area contributed by atoms with Crippen molar-refractivity contribution in [2.75, 3.05) is 26.0 Å². The van der Waals surface area contributed by atoms with E-state index < -0.39 is 0 Å². The third-order valence-corrected chi connectivity index (χ3v) is 5.35. The third-order valence-electron chi connectivity index (χ3n) is 4.24. The minimum atomic E-state index is 0.293. The lowest BCUT2D eigenvalue weighted by Gasteiger charge is -2.25. The Hall–Kier alpha value is -1.98. The summed E-state index contributed by atoms with van der Waals surface area (Å²) < 4.78 is 0. The monoisotopic (exact) mass is 326 g/mol. The van der Waals surface area contributed by atoms with Crippen molar-refractivity contribution < 1.29 is 0 Å². The molecule has 0 aliphatic heterocycles. The van der Waals surface area contributed by atoms with Gasteiger partial charge < -0.3 is 10.2 Å². The second-order valence-electron chi connectivity index (χ2n) is 5.96. The summed E-state index contributed by atoms with van der Waals surface area (Å²) >= 11 is 1.73. The van der Waals surface area contributed by atoms with Crippen molar-refractivity contribution in [1.82, 2.24) is 14.9 Å². The van der Waals surface area contributed by atoms with Crippen molar-refractivity contribution in [3.8, 4) is 0 Å². The topological polar surface area (TPSA) is 41.1 Å². The highest BCUT2D eigenvalue weighted by molar-refractivity contribution is 7.18. The number of rotatable bonds is 5. The zero-order valence-electron chi connectivity index (χ0n) is 14.0. The van der Waals surface area contributed by atoms with Gasteiger partial charge in [-0.2, -0.15) is 0 Å². The molecule has 0 unspecified atom stereocenters. The van der Waals surface area contributed by atoms with Crippen LogP contribution in [0.3, 0.4) is 0 Å². The number of aromatic nitrogens is 2. The lowest BCUT2D eigenvalue weighted by Crippen LogP contribution is -2.27. The molecule has 1 aromatic carbocycles. The Bertz CT molecular complexity index is 795. The van der Waals surface area contributed by atoms with E-state index in [1.165, 1.54) is 16.0 Å². The summed E-state index contributed by atoms with van der Waals surface area (Å²) in [6, 6.07) is 10.8. The molecule has 0 amide bonds. The minimum absolute atomic E-state index is 0.293. The molecule has 3 rings (SSSR count). The van der Waals surface area contributed by atoms with Crippen LogP contribution in [0.4, 0.5) is 5.82 Å². The van der Waals surface area contributed by atoms with E-state index in [0.717, 1.165) is 22.6 Å². The first-order valence-corrected chi connectivity index (χ1v) is 8.55. The summed E-state index contributed by atoms with van der Waals surface area (Å²) in [5.74, 6) is 0.930. The number of benzene rings is 1. The maximum absolute atomic E-state index is 4.47. The van der Waals surface area contributed by atoms with E-state index in [9.17, 15) is 0 Å². The molecule has 5 heteroatoms. The number of nitrogens with one attached hydrogen (secondary N) is 1. The van der Waals surface area contributed by atoms with E-state index >= 15 is 0 Å². The fourth-order valence-corrected chi connectivity index (χ4v) is 3.78. The summed E-state index contributed by atoms with van der Waals surface area (Å²) in [7, 11) is 4.21. The molecule has 120 valence electrons. The average Bonchev–Trinajstić information content (AvgIpc) is 2.84. The zero-order valence-corrected chi connectivity index (χ0v) is 14.8. The molecule has 0 fully saturated rings. The zero-order chi connectivity index (χ0) is 16.4. The molecule has 23 heavy (non-hydrogen) atoms. The van der Waals surface area contributed by atoms with E-state index in [4.69, 9.17) is 0 Å². The second kappa shape index (κ2) is 6.64. The first-order valence-electron chi connectivity index (χ1n) is 7.74. The number of nitrogens with zero attached hydrogens (tertiary/aromatic N) is 3. The van der Waals surface area contributed by atoms with Crippen LogP contribution >= 0.6 is 11.3 Å². The molecule has 1 atom stereocenters. The van der Waals surface area contributed by atoms with Gasteiger partial charge in [0, 0.05) is 11.4 Å². The lowest BCUT2D eigenvalue weighted by molar-refractivity contribution is 0.311. The summed E-state index contributed by atoms with van der Waals surface area (Å²) in [4.78, 5) is 13.5. The second-order valence-corrected chi connectivity index (χ2v) is 7.16. The van der Waals surface area contributed by atoms with Crippen LogP contribution in [0.25, 0.3) is 10.2 Å². The predicted molar refractivity (Wildman–Crippen MR) is 98.2 cm³/mol. The van der Waals surface area contributed by atoms with Crippen molar-refractivity contribution in [3.63, 3.8) is 0 Å². The van der Waals surface area contributed by atoms with Gasteiger partial charge in [-0.1, -0.05) is 30.3 Å². The van der Waals surface area contributed by atoms with Gasteiger partial charge in [0.1, 0.15) is 17.0 Å². The predicted octanol–water partition coefficient (Wildman–Crippen LogP) is 4.02. The van der Waals surface area contributed by atoms with Gasteiger partial charge >= 0.3 is 0 Å². The van der Waals surface area contributed by atoms with Crippen molar-refractivity contribution in [3.05, 3.63) is 52.7 Å². The minimum Gasteiger partial charge on any atom is -0.368 e. The third kappa shape index (κ3) is 3.21. The molecule has 0 spiro atoms. The van der Waals surface area contributed by atoms with Crippen LogP contribution < -0.4 is 5.32 Å². The van der Waals surface area contributed by atoms with E-state index in [1.807, 2.05) is 0 Å². The Kier molecular flexibility index (Phi) is 4.59. The SMILES string of the molecule is Cc1sc2ncnc(NC[C@@H](c3ccccc3)N(C)C)c2c1C. The molecule has 4 nitrogen and oxygen atoms in total. The first-order chi connectivity index (χ1) is 11.1. The van der Waals surface area contributed by atoms with E-state index in [2.05, 4.69) is 78.5 Å². The number of aryl methyl sites for hydroxylation is 2. The molecule has 2 aromatic heterocycles. The van der Waals surface area contributed by atoms with Gasteiger partial charge in [0.15, 0.2) is 0 Å². The maximum atomic E-state index is 4.47. The molecule has 0 saturated heterocycles. The van der Waals surface area contributed by atoms with Gasteiger partial charge in [-0.25, -0.2) is 9.97 Å². The number of thiophene rings is 1. The summed E-state index contributed by atoms with van der Waals surface area (Å²) in [5, 5.41) is 4.69. The van der Waals surface area contributed by atoms with Crippen LogP contribution in [0.15, 0.2) is 36.7 Å². The molecular formula is C18H22N4S. The first kappa shape index (κ1) is 15.9. The van der Waals surface area contributed by atoms with Gasteiger partial charge in [-0.15, -0.1) is 11.3 Å². The Morgan fingerprint density at radius 1 is 1.13 bits per heavy atom. The van der Waals surface area contributed by atoms with Crippen molar-refractivity contribution >= 4 is 27.4 Å². The highest BCUT2D eigenvalue weighted by Gasteiger charge is 2.16. The Balaban J connectivity index is 1.87. The largest absolute Gasteiger partial charge is 0.368 e. The van der Waals surface area contributed by atoms with Crippen molar-refractivity contribution in [2.24, 2.45) is 0 Å². The number of hydrogen-bond donors (Lipinski definition) is 1. The normalized spacial score (nSPS) is 12.7. The molecule has 0 saturated carbocycles. The number of anilines is 1. The van der Waals surface area contributed by atoms with Crippen LogP contribution in [0.2, 0.25) is 0 Å². The van der Waals surface area contributed by atoms with Crippen LogP contribution in [-0.4, -0.2) is 35.5 Å².